The highest BCUT2D eigenvalue weighted by atomic mass is 16.5. The van der Waals surface area contributed by atoms with Crippen molar-refractivity contribution in [2.24, 2.45) is 0 Å². The number of urea groups is 1. The van der Waals surface area contributed by atoms with Crippen molar-refractivity contribution in [3.8, 4) is 11.4 Å². The molecule has 1 atom stereocenters. The van der Waals surface area contributed by atoms with E-state index in [4.69, 9.17) is 14.7 Å². The summed E-state index contributed by atoms with van der Waals surface area (Å²) in [6, 6.07) is 11.0. The van der Waals surface area contributed by atoms with Gasteiger partial charge in [0.05, 0.1) is 37.1 Å². The number of morpholine rings is 1. The lowest BCUT2D eigenvalue weighted by atomic mass is 10.0. The summed E-state index contributed by atoms with van der Waals surface area (Å²) in [4.78, 5) is 43.2. The molecule has 2 aromatic heterocycles. The average molecular weight is 502 g/mol. The van der Waals surface area contributed by atoms with Crippen LogP contribution in [0.5, 0.6) is 0 Å². The second kappa shape index (κ2) is 10.9. The van der Waals surface area contributed by atoms with E-state index in [1.165, 1.54) is 0 Å². The van der Waals surface area contributed by atoms with Gasteiger partial charge in [0.25, 0.3) is 5.91 Å². The maximum Gasteiger partial charge on any atom is 0.319 e. The summed E-state index contributed by atoms with van der Waals surface area (Å²) in [6.07, 6.45) is 3.91. The van der Waals surface area contributed by atoms with Crippen LogP contribution in [0.4, 0.5) is 16.3 Å². The van der Waals surface area contributed by atoms with Gasteiger partial charge in [-0.25, -0.2) is 14.8 Å². The number of ether oxygens (including phenoxy) is 1. The Morgan fingerprint density at radius 1 is 1.14 bits per heavy atom. The molecule has 1 unspecified atom stereocenters. The normalized spacial score (nSPS) is 17.2. The fraction of sp³-hybridized carbons (Fsp3) is 0.370. The summed E-state index contributed by atoms with van der Waals surface area (Å²) in [5.74, 6) is 1.44. The quantitative estimate of drug-likeness (QED) is 0.552. The maximum atomic E-state index is 13.2. The minimum atomic E-state index is -0.241. The van der Waals surface area contributed by atoms with Crippen LogP contribution < -0.4 is 15.5 Å². The highest BCUT2D eigenvalue weighted by Gasteiger charge is 2.31. The number of fused-ring (bicyclic) bond motifs is 1. The number of carbonyl (C=O) groups excluding carboxylic acids is 2. The number of nitrogens with one attached hydrogen (secondary N) is 2. The van der Waals surface area contributed by atoms with Gasteiger partial charge >= 0.3 is 6.03 Å². The first kappa shape index (κ1) is 24.6. The number of nitrogens with zero attached hydrogens (tertiary/aromatic N) is 5. The van der Waals surface area contributed by atoms with Crippen molar-refractivity contribution in [2.45, 2.75) is 32.9 Å². The van der Waals surface area contributed by atoms with E-state index >= 15 is 0 Å². The minimum Gasteiger partial charge on any atom is -0.377 e. The fourth-order valence-electron chi connectivity index (χ4n) is 4.69. The van der Waals surface area contributed by atoms with E-state index in [1.807, 2.05) is 36.1 Å². The van der Waals surface area contributed by atoms with E-state index in [0.717, 1.165) is 29.2 Å². The number of aromatic nitrogens is 3. The first-order valence-electron chi connectivity index (χ1n) is 12.6. The largest absolute Gasteiger partial charge is 0.377 e. The van der Waals surface area contributed by atoms with Crippen molar-refractivity contribution in [1.82, 2.24) is 25.2 Å². The van der Waals surface area contributed by atoms with Crippen LogP contribution in [0.3, 0.4) is 0 Å². The van der Waals surface area contributed by atoms with Crippen molar-refractivity contribution >= 4 is 23.4 Å². The predicted molar refractivity (Wildman–Crippen MR) is 140 cm³/mol. The number of hydrogen-bond donors (Lipinski definition) is 2. The van der Waals surface area contributed by atoms with Crippen LogP contribution in [0.1, 0.15) is 35.5 Å². The first-order chi connectivity index (χ1) is 18.0. The van der Waals surface area contributed by atoms with Gasteiger partial charge in [0, 0.05) is 55.3 Å². The molecule has 3 amide bonds. The van der Waals surface area contributed by atoms with Crippen molar-refractivity contribution in [3.05, 3.63) is 65.6 Å². The summed E-state index contributed by atoms with van der Waals surface area (Å²) in [7, 11) is 0. The highest BCUT2D eigenvalue weighted by molar-refractivity contribution is 5.94. The van der Waals surface area contributed by atoms with E-state index in [0.29, 0.717) is 56.3 Å². The second-order valence-corrected chi connectivity index (χ2v) is 9.19. The molecule has 0 saturated carbocycles. The third-order valence-corrected chi connectivity index (χ3v) is 6.61. The number of anilines is 2. The Kier molecular flexibility index (Phi) is 7.27. The third kappa shape index (κ3) is 5.39. The summed E-state index contributed by atoms with van der Waals surface area (Å²) in [5.41, 5.74) is 4.07. The van der Waals surface area contributed by atoms with Gasteiger partial charge in [0.2, 0.25) is 0 Å². The van der Waals surface area contributed by atoms with E-state index in [9.17, 15) is 9.59 Å². The van der Waals surface area contributed by atoms with Crippen LogP contribution in [0.15, 0.2) is 48.8 Å². The first-order valence-corrected chi connectivity index (χ1v) is 12.6. The van der Waals surface area contributed by atoms with Crippen molar-refractivity contribution in [2.75, 3.05) is 43.1 Å². The Hall–Kier alpha value is -4.05. The van der Waals surface area contributed by atoms with E-state index in [2.05, 4.69) is 27.4 Å². The minimum absolute atomic E-state index is 0.0426. The topological polar surface area (TPSA) is 113 Å². The Bertz CT molecular complexity index is 1270. The molecule has 3 aromatic rings. The van der Waals surface area contributed by atoms with E-state index in [-0.39, 0.29) is 18.0 Å². The molecule has 2 aliphatic rings. The van der Waals surface area contributed by atoms with Crippen LogP contribution in [0, 0.1) is 0 Å². The van der Waals surface area contributed by atoms with Crippen LogP contribution in [0.2, 0.25) is 0 Å². The van der Waals surface area contributed by atoms with Crippen LogP contribution in [-0.2, 0) is 17.7 Å². The van der Waals surface area contributed by atoms with Gasteiger partial charge in [-0.1, -0.05) is 0 Å². The molecule has 0 bridgehead atoms. The zero-order chi connectivity index (χ0) is 25.8. The molecule has 0 aliphatic carbocycles. The molecule has 1 saturated heterocycles. The van der Waals surface area contributed by atoms with Crippen LogP contribution >= 0.6 is 0 Å². The fourth-order valence-corrected chi connectivity index (χ4v) is 4.69. The highest BCUT2D eigenvalue weighted by Crippen LogP contribution is 2.32. The molecule has 1 aromatic carbocycles. The summed E-state index contributed by atoms with van der Waals surface area (Å²) in [5, 5.41) is 5.54. The smallest absolute Gasteiger partial charge is 0.319 e. The Labute approximate surface area is 216 Å². The molecule has 10 heteroatoms. The van der Waals surface area contributed by atoms with Gasteiger partial charge in [-0.15, -0.1) is 0 Å². The van der Waals surface area contributed by atoms with Crippen LogP contribution in [-0.4, -0.2) is 70.7 Å². The molecule has 4 heterocycles. The molecule has 2 N–H and O–H groups in total. The number of benzene rings is 1. The summed E-state index contributed by atoms with van der Waals surface area (Å²) in [6.45, 7) is 7.52. The standard InChI is InChI=1S/C27H31N7O3/c1-3-29-27(36)30-21-8-6-19(7-9-21)24-31-23-10-12-33(26(35)20-5-4-11-28-15-20)16-22(23)25(32-24)34-13-14-37-17-18(34)2/h4-9,11,15,18H,3,10,12-14,16-17H2,1-2H3,(H2,29,30,36). The second-order valence-electron chi connectivity index (χ2n) is 9.19. The predicted octanol–water partition coefficient (Wildman–Crippen LogP) is 3.10. The maximum absolute atomic E-state index is 13.2. The lowest BCUT2D eigenvalue weighted by Crippen LogP contribution is -2.46. The van der Waals surface area contributed by atoms with Gasteiger partial charge in [0.1, 0.15) is 5.82 Å². The van der Waals surface area contributed by atoms with E-state index in [1.54, 1.807) is 24.5 Å². The third-order valence-electron chi connectivity index (χ3n) is 6.61. The number of amides is 3. The van der Waals surface area contributed by atoms with Crippen molar-refractivity contribution in [3.63, 3.8) is 0 Å². The molecule has 2 aliphatic heterocycles. The molecule has 192 valence electrons. The summed E-state index contributed by atoms with van der Waals surface area (Å²) < 4.78 is 5.68. The number of hydrogen-bond acceptors (Lipinski definition) is 7. The van der Waals surface area contributed by atoms with Gasteiger partial charge < -0.3 is 25.2 Å². The molecule has 1 fully saturated rings. The van der Waals surface area contributed by atoms with Gasteiger partial charge in [-0.3, -0.25) is 9.78 Å². The molecule has 0 radical (unpaired) electrons. The van der Waals surface area contributed by atoms with Crippen molar-refractivity contribution < 1.29 is 14.3 Å². The Morgan fingerprint density at radius 3 is 2.70 bits per heavy atom. The molecular weight excluding hydrogens is 470 g/mol. The number of pyridine rings is 1. The number of rotatable bonds is 5. The molecular formula is C27H31N7O3. The van der Waals surface area contributed by atoms with Gasteiger partial charge in [-0.05, 0) is 50.2 Å². The van der Waals surface area contributed by atoms with Gasteiger partial charge in [-0.2, -0.15) is 0 Å². The zero-order valence-corrected chi connectivity index (χ0v) is 21.1. The Balaban J connectivity index is 1.47. The lowest BCUT2D eigenvalue weighted by molar-refractivity contribution is 0.0731. The lowest BCUT2D eigenvalue weighted by Gasteiger charge is -2.38. The zero-order valence-electron chi connectivity index (χ0n) is 21.1. The van der Waals surface area contributed by atoms with Crippen molar-refractivity contribution in [1.29, 1.82) is 0 Å². The summed E-state index contributed by atoms with van der Waals surface area (Å²) >= 11 is 0. The van der Waals surface area contributed by atoms with Gasteiger partial charge in [0.15, 0.2) is 5.82 Å². The average Bonchev–Trinajstić information content (AvgIpc) is 2.93. The van der Waals surface area contributed by atoms with Crippen LogP contribution in [0.25, 0.3) is 11.4 Å². The SMILES string of the molecule is CCNC(=O)Nc1ccc(-c2nc3c(c(N4CCOCC4C)n2)CN(C(=O)c2cccnc2)CC3)cc1. The monoisotopic (exact) mass is 501 g/mol. The van der Waals surface area contributed by atoms with E-state index < -0.39 is 0 Å². The Morgan fingerprint density at radius 2 is 1.97 bits per heavy atom. The molecule has 5 rings (SSSR count). The molecule has 37 heavy (non-hydrogen) atoms. The molecule has 10 nitrogen and oxygen atoms in total. The number of carbonyl (C=O) groups is 2. The molecule has 0 spiro atoms.